The molecule has 0 saturated carbocycles. The molecule has 0 aliphatic heterocycles. The highest BCUT2D eigenvalue weighted by atomic mass is 32.2. The Bertz CT molecular complexity index is 219. The highest BCUT2D eigenvalue weighted by Crippen LogP contribution is 1.94. The smallest absolute Gasteiger partial charge is 0.424 e. The van der Waals surface area contributed by atoms with Crippen LogP contribution in [0.1, 0.15) is 0 Å². The van der Waals surface area contributed by atoms with Crippen molar-refractivity contribution in [1.82, 2.24) is 4.31 Å². The number of carbonyl (C=O) groups is 1. The quantitative estimate of drug-likeness (QED) is 0.534. The van der Waals surface area contributed by atoms with Gasteiger partial charge in [0.1, 0.15) is 0 Å². The van der Waals surface area contributed by atoms with Crippen LogP contribution in [0.5, 0.6) is 0 Å². The number of hydrogen-bond acceptors (Lipinski definition) is 4. The molecule has 0 rings (SSSR count). The number of hydrogen-bond donors (Lipinski definition) is 1. The van der Waals surface area contributed by atoms with Crippen LogP contribution < -0.4 is 0 Å². The van der Waals surface area contributed by atoms with E-state index in [9.17, 15) is 13.2 Å². The average Bonchev–Trinajstić information content (AvgIpc) is 1.83. The molecule has 60 valence electrons. The Balaban J connectivity index is 4.39. The lowest BCUT2D eigenvalue weighted by molar-refractivity contribution is 0.152. The lowest BCUT2D eigenvalue weighted by Crippen LogP contribution is -2.32. The van der Waals surface area contributed by atoms with Crippen molar-refractivity contribution in [3.05, 3.63) is 0 Å². The molecule has 0 spiro atoms. The van der Waals surface area contributed by atoms with Crippen molar-refractivity contribution in [3.63, 3.8) is 0 Å². The minimum absolute atomic E-state index is 0.0764. The number of amides is 1. The zero-order chi connectivity index (χ0) is 8.36. The number of ether oxygens (including phenoxy) is 1. The van der Waals surface area contributed by atoms with E-state index in [0.717, 1.165) is 14.2 Å². The summed E-state index contributed by atoms with van der Waals surface area (Å²) in [6, 6.07) is 0. The predicted molar refractivity (Wildman–Crippen MR) is 31.7 cm³/mol. The van der Waals surface area contributed by atoms with E-state index in [1.54, 1.807) is 0 Å². The summed E-state index contributed by atoms with van der Waals surface area (Å²) in [7, 11) is -2.58. The van der Waals surface area contributed by atoms with Gasteiger partial charge < -0.3 is 4.74 Å². The van der Waals surface area contributed by atoms with Crippen LogP contribution in [0.25, 0.3) is 0 Å². The van der Waals surface area contributed by atoms with E-state index >= 15 is 0 Å². The number of carbonyl (C=O) groups excluding carboxylic acids is 1. The van der Waals surface area contributed by atoms with E-state index in [1.165, 1.54) is 0 Å². The molecule has 0 saturated heterocycles. The molecule has 0 fully saturated rings. The number of methoxy groups -OCH3 is 1. The Hall–Kier alpha value is -0.820. The fourth-order valence-electron chi connectivity index (χ4n) is 0.223. The van der Waals surface area contributed by atoms with Crippen molar-refractivity contribution >= 4 is 16.4 Å². The van der Waals surface area contributed by atoms with Crippen LogP contribution in [0.4, 0.5) is 4.79 Å². The number of nitrogens with zero attached hydrogens (tertiary/aromatic N) is 1. The van der Waals surface area contributed by atoms with Gasteiger partial charge >= 0.3 is 16.4 Å². The van der Waals surface area contributed by atoms with Gasteiger partial charge in [-0.2, -0.15) is 12.7 Å². The van der Waals surface area contributed by atoms with Crippen molar-refractivity contribution in [2.45, 2.75) is 0 Å². The van der Waals surface area contributed by atoms with Crippen molar-refractivity contribution in [1.29, 1.82) is 0 Å². The molecule has 1 amide bonds. The molecular formula is C3H7NO5S. The second-order valence-corrected chi connectivity index (χ2v) is 2.86. The van der Waals surface area contributed by atoms with Crippen LogP contribution >= 0.6 is 0 Å². The maximum Gasteiger partial charge on any atom is 0.424 e. The monoisotopic (exact) mass is 169 g/mol. The average molecular weight is 169 g/mol. The molecule has 0 aromatic rings. The largest absolute Gasteiger partial charge is 0.452 e. The Morgan fingerprint density at radius 3 is 2.10 bits per heavy atom. The first-order valence-electron chi connectivity index (χ1n) is 2.19. The topological polar surface area (TPSA) is 83.9 Å². The van der Waals surface area contributed by atoms with Crippen LogP contribution in [0.3, 0.4) is 0 Å². The van der Waals surface area contributed by atoms with E-state index in [0.29, 0.717) is 0 Å². The summed E-state index contributed by atoms with van der Waals surface area (Å²) in [6.07, 6.45) is -1.14. The minimum atomic E-state index is -4.46. The van der Waals surface area contributed by atoms with Gasteiger partial charge in [-0.1, -0.05) is 0 Å². The summed E-state index contributed by atoms with van der Waals surface area (Å²) < 4.78 is 32.5. The molecule has 10 heavy (non-hydrogen) atoms. The zero-order valence-corrected chi connectivity index (χ0v) is 6.25. The third-order valence-corrected chi connectivity index (χ3v) is 1.62. The number of rotatable bonds is 1. The highest BCUT2D eigenvalue weighted by molar-refractivity contribution is 7.83. The molecular weight excluding hydrogens is 162 g/mol. The van der Waals surface area contributed by atoms with Gasteiger partial charge in [0.05, 0.1) is 7.11 Å². The second-order valence-electron chi connectivity index (χ2n) is 1.42. The molecule has 1 N–H and O–H groups in total. The van der Waals surface area contributed by atoms with Crippen LogP contribution in [0, 0.1) is 0 Å². The molecule has 0 aliphatic carbocycles. The van der Waals surface area contributed by atoms with Crippen molar-refractivity contribution in [3.8, 4) is 0 Å². The van der Waals surface area contributed by atoms with E-state index in [4.69, 9.17) is 4.55 Å². The van der Waals surface area contributed by atoms with Gasteiger partial charge in [0.25, 0.3) is 0 Å². The summed E-state index contributed by atoms with van der Waals surface area (Å²) in [4.78, 5) is 10.3. The van der Waals surface area contributed by atoms with Gasteiger partial charge in [-0.25, -0.2) is 4.79 Å². The fraction of sp³-hybridized carbons (Fsp3) is 0.667. The lowest BCUT2D eigenvalue weighted by atomic mass is 11.1. The maximum atomic E-state index is 10.3. The Kier molecular flexibility index (Phi) is 2.61. The van der Waals surface area contributed by atoms with Crippen LogP contribution in [-0.2, 0) is 15.0 Å². The molecule has 0 aromatic carbocycles. The molecule has 0 heterocycles. The van der Waals surface area contributed by atoms with Crippen molar-refractivity contribution in [2.75, 3.05) is 14.2 Å². The van der Waals surface area contributed by atoms with Crippen LogP contribution in [0.15, 0.2) is 0 Å². The van der Waals surface area contributed by atoms with Gasteiger partial charge in [0.2, 0.25) is 0 Å². The van der Waals surface area contributed by atoms with Crippen molar-refractivity contribution in [2.24, 2.45) is 0 Å². The summed E-state index contributed by atoms with van der Waals surface area (Å²) in [6.45, 7) is 0. The van der Waals surface area contributed by atoms with Gasteiger partial charge in [0.15, 0.2) is 0 Å². The molecule has 6 nitrogen and oxygen atoms in total. The third-order valence-electron chi connectivity index (χ3n) is 0.778. The third kappa shape index (κ3) is 2.19. The predicted octanol–water partition coefficient (Wildman–Crippen LogP) is -0.513. The highest BCUT2D eigenvalue weighted by Gasteiger charge is 2.20. The standard InChI is InChI=1S/C3H7NO5S/c1-4(3(5)9-2)10(6,7)8/h1-2H3,(H,6,7,8). The minimum Gasteiger partial charge on any atom is -0.452 e. The molecule has 0 unspecified atom stereocenters. The first-order valence-corrected chi connectivity index (χ1v) is 3.58. The lowest BCUT2D eigenvalue weighted by Gasteiger charge is -2.09. The molecule has 0 aromatic heterocycles. The molecule has 7 heteroatoms. The Labute approximate surface area is 58.3 Å². The fourth-order valence-corrected chi connectivity index (χ4v) is 0.486. The van der Waals surface area contributed by atoms with E-state index in [2.05, 4.69) is 4.74 Å². The Morgan fingerprint density at radius 2 is 2.00 bits per heavy atom. The summed E-state index contributed by atoms with van der Waals surface area (Å²) >= 11 is 0. The van der Waals surface area contributed by atoms with Crippen molar-refractivity contribution < 1.29 is 22.5 Å². The molecule has 0 aliphatic rings. The first-order chi connectivity index (χ1) is 4.39. The van der Waals surface area contributed by atoms with Gasteiger partial charge in [-0.15, -0.1) is 0 Å². The summed E-state index contributed by atoms with van der Waals surface area (Å²) in [5.74, 6) is 0. The molecule has 0 bridgehead atoms. The maximum absolute atomic E-state index is 10.3. The van der Waals surface area contributed by atoms with Gasteiger partial charge in [-0.05, 0) is 0 Å². The molecule has 0 radical (unpaired) electrons. The zero-order valence-electron chi connectivity index (χ0n) is 5.44. The SMILES string of the molecule is COC(=O)N(C)S(=O)(=O)O. The summed E-state index contributed by atoms with van der Waals surface area (Å²) in [5.41, 5.74) is 0. The Morgan fingerprint density at radius 1 is 1.60 bits per heavy atom. The summed E-state index contributed by atoms with van der Waals surface area (Å²) in [5, 5.41) is 0. The van der Waals surface area contributed by atoms with Crippen LogP contribution in [-0.4, -0.2) is 37.5 Å². The van der Waals surface area contributed by atoms with E-state index in [-0.39, 0.29) is 4.31 Å². The van der Waals surface area contributed by atoms with Crippen LogP contribution in [0.2, 0.25) is 0 Å². The second kappa shape index (κ2) is 2.84. The van der Waals surface area contributed by atoms with E-state index in [1.807, 2.05) is 0 Å². The van der Waals surface area contributed by atoms with E-state index < -0.39 is 16.4 Å². The normalized spacial score (nSPS) is 10.7. The van der Waals surface area contributed by atoms with Gasteiger partial charge in [-0.3, -0.25) is 4.55 Å². The molecule has 0 atom stereocenters. The van der Waals surface area contributed by atoms with Gasteiger partial charge in [0, 0.05) is 7.05 Å². The first kappa shape index (κ1) is 9.18.